The molecule has 17 heavy (non-hydrogen) atoms. The minimum absolute atomic E-state index is 0.0590. The minimum Gasteiger partial charge on any atom is -0.328 e. The number of rotatable bonds is 3. The Hall–Kier alpha value is -1.36. The molecule has 1 amide bonds. The monoisotopic (exact) mass is 236 g/mol. The number of hydrogen-bond acceptors (Lipinski definition) is 3. The second-order valence-corrected chi connectivity index (χ2v) is 4.70. The van der Waals surface area contributed by atoms with Crippen molar-refractivity contribution in [2.24, 2.45) is 11.7 Å². The molecule has 1 aliphatic rings. The van der Waals surface area contributed by atoms with E-state index in [0.29, 0.717) is 0 Å². The van der Waals surface area contributed by atoms with E-state index in [1.54, 1.807) is 10.9 Å². The number of aryl methyl sites for hydroxylation is 1. The van der Waals surface area contributed by atoms with Crippen LogP contribution in [0.15, 0.2) is 12.4 Å². The van der Waals surface area contributed by atoms with Crippen LogP contribution >= 0.6 is 0 Å². The first-order valence-electron chi connectivity index (χ1n) is 6.28. The van der Waals surface area contributed by atoms with Crippen molar-refractivity contribution in [2.75, 3.05) is 5.32 Å². The average Bonchev–Trinajstić information content (AvgIpc) is 2.77. The second kappa shape index (κ2) is 5.31. The van der Waals surface area contributed by atoms with Crippen molar-refractivity contribution in [1.29, 1.82) is 0 Å². The predicted octanol–water partition coefficient (Wildman–Crippen LogP) is 1.36. The Balaban J connectivity index is 1.91. The maximum absolute atomic E-state index is 12.0. The molecular formula is C12H20N4O. The molecule has 5 nitrogen and oxygen atoms in total. The second-order valence-electron chi connectivity index (χ2n) is 4.70. The van der Waals surface area contributed by atoms with Gasteiger partial charge in [-0.15, -0.1) is 0 Å². The minimum atomic E-state index is 0.0590. The number of anilines is 1. The number of carbonyl (C=O) groups excluding carboxylic acids is 1. The summed E-state index contributed by atoms with van der Waals surface area (Å²) in [7, 11) is 0. The zero-order chi connectivity index (χ0) is 12.3. The highest BCUT2D eigenvalue weighted by Crippen LogP contribution is 2.24. The molecule has 0 spiro atoms. The maximum atomic E-state index is 12.0. The molecule has 2 rings (SSSR count). The van der Waals surface area contributed by atoms with E-state index < -0.39 is 0 Å². The molecule has 1 aromatic heterocycles. The third-order valence-electron chi connectivity index (χ3n) is 3.31. The lowest BCUT2D eigenvalue weighted by molar-refractivity contribution is -0.120. The van der Waals surface area contributed by atoms with Gasteiger partial charge in [0.1, 0.15) is 0 Å². The molecule has 5 heteroatoms. The zero-order valence-corrected chi connectivity index (χ0v) is 10.2. The first kappa shape index (κ1) is 12.1. The van der Waals surface area contributed by atoms with Crippen LogP contribution < -0.4 is 11.1 Å². The summed E-state index contributed by atoms with van der Waals surface area (Å²) in [5.41, 5.74) is 6.66. The van der Waals surface area contributed by atoms with Gasteiger partial charge in [-0.2, -0.15) is 5.10 Å². The highest BCUT2D eigenvalue weighted by Gasteiger charge is 2.25. The van der Waals surface area contributed by atoms with Crippen LogP contribution in [0.5, 0.6) is 0 Å². The van der Waals surface area contributed by atoms with E-state index in [1.165, 1.54) is 0 Å². The van der Waals surface area contributed by atoms with Crippen LogP contribution in [-0.4, -0.2) is 21.7 Å². The van der Waals surface area contributed by atoms with Gasteiger partial charge in [-0.3, -0.25) is 9.48 Å². The number of hydrogen-bond donors (Lipinski definition) is 2. The topological polar surface area (TPSA) is 72.9 Å². The normalized spacial score (nSPS) is 24.6. The number of nitrogens with two attached hydrogens (primary N) is 1. The quantitative estimate of drug-likeness (QED) is 0.832. The highest BCUT2D eigenvalue weighted by atomic mass is 16.1. The number of carbonyl (C=O) groups is 1. The Morgan fingerprint density at radius 3 is 3.12 bits per heavy atom. The Labute approximate surface area is 101 Å². The van der Waals surface area contributed by atoms with Crippen LogP contribution in [0.1, 0.15) is 32.6 Å². The first-order chi connectivity index (χ1) is 8.19. The number of amides is 1. The Bertz CT molecular complexity index is 388. The molecule has 1 saturated carbocycles. The van der Waals surface area contributed by atoms with Crippen LogP contribution in [0.2, 0.25) is 0 Å². The molecule has 2 unspecified atom stereocenters. The van der Waals surface area contributed by atoms with E-state index in [2.05, 4.69) is 10.4 Å². The lowest BCUT2D eigenvalue weighted by atomic mass is 9.85. The van der Waals surface area contributed by atoms with Gasteiger partial charge in [0, 0.05) is 24.7 Å². The molecule has 0 radical (unpaired) electrons. The van der Waals surface area contributed by atoms with Crippen LogP contribution in [0.4, 0.5) is 5.69 Å². The van der Waals surface area contributed by atoms with Crippen LogP contribution in [-0.2, 0) is 11.3 Å². The molecule has 1 aromatic rings. The fraction of sp³-hybridized carbons (Fsp3) is 0.667. The summed E-state index contributed by atoms with van der Waals surface area (Å²) < 4.78 is 1.79. The van der Waals surface area contributed by atoms with E-state index in [4.69, 9.17) is 5.73 Å². The number of nitrogens with zero attached hydrogens (tertiary/aromatic N) is 2. The van der Waals surface area contributed by atoms with Gasteiger partial charge < -0.3 is 11.1 Å². The molecule has 1 heterocycles. The maximum Gasteiger partial charge on any atom is 0.227 e. The fourth-order valence-corrected chi connectivity index (χ4v) is 2.31. The van der Waals surface area contributed by atoms with Crippen molar-refractivity contribution in [3.8, 4) is 0 Å². The van der Waals surface area contributed by atoms with Crippen molar-refractivity contribution in [2.45, 2.75) is 45.2 Å². The van der Waals surface area contributed by atoms with E-state index in [9.17, 15) is 4.79 Å². The van der Waals surface area contributed by atoms with Gasteiger partial charge in [-0.1, -0.05) is 6.42 Å². The molecule has 0 aromatic carbocycles. The van der Waals surface area contributed by atoms with E-state index >= 15 is 0 Å². The Morgan fingerprint density at radius 1 is 1.65 bits per heavy atom. The van der Waals surface area contributed by atoms with Crippen LogP contribution in [0.25, 0.3) is 0 Å². The number of aromatic nitrogens is 2. The predicted molar refractivity (Wildman–Crippen MR) is 66.5 cm³/mol. The van der Waals surface area contributed by atoms with Gasteiger partial charge in [0.2, 0.25) is 5.91 Å². The van der Waals surface area contributed by atoms with Gasteiger partial charge in [0.25, 0.3) is 0 Å². The van der Waals surface area contributed by atoms with E-state index in [-0.39, 0.29) is 17.9 Å². The van der Waals surface area contributed by atoms with Crippen molar-refractivity contribution in [3.63, 3.8) is 0 Å². The fourth-order valence-electron chi connectivity index (χ4n) is 2.31. The average molecular weight is 236 g/mol. The van der Waals surface area contributed by atoms with Gasteiger partial charge in [0.05, 0.1) is 11.9 Å². The lowest BCUT2D eigenvalue weighted by Gasteiger charge is -2.25. The summed E-state index contributed by atoms with van der Waals surface area (Å²) in [6.07, 6.45) is 7.37. The van der Waals surface area contributed by atoms with Crippen molar-refractivity contribution >= 4 is 11.6 Å². The summed E-state index contributed by atoms with van der Waals surface area (Å²) in [5.74, 6) is 0.138. The molecular weight excluding hydrogens is 216 g/mol. The zero-order valence-electron chi connectivity index (χ0n) is 10.2. The number of nitrogens with one attached hydrogen (secondary N) is 1. The molecule has 94 valence electrons. The lowest BCUT2D eigenvalue weighted by Crippen LogP contribution is -2.34. The SMILES string of the molecule is CCn1cc(NC(=O)C2CCCC(N)C2)cn1. The third-order valence-corrected chi connectivity index (χ3v) is 3.31. The van der Waals surface area contributed by atoms with Gasteiger partial charge in [-0.05, 0) is 26.2 Å². The molecule has 0 saturated heterocycles. The summed E-state index contributed by atoms with van der Waals surface area (Å²) in [4.78, 5) is 12.0. The van der Waals surface area contributed by atoms with Crippen LogP contribution in [0.3, 0.4) is 0 Å². The van der Waals surface area contributed by atoms with Gasteiger partial charge >= 0.3 is 0 Å². The third kappa shape index (κ3) is 3.06. The van der Waals surface area contributed by atoms with Crippen molar-refractivity contribution in [3.05, 3.63) is 12.4 Å². The molecule has 0 aliphatic heterocycles. The largest absolute Gasteiger partial charge is 0.328 e. The van der Waals surface area contributed by atoms with Crippen molar-refractivity contribution < 1.29 is 4.79 Å². The highest BCUT2D eigenvalue weighted by molar-refractivity contribution is 5.92. The van der Waals surface area contributed by atoms with Gasteiger partial charge in [-0.25, -0.2) is 0 Å². The van der Waals surface area contributed by atoms with Crippen molar-refractivity contribution in [1.82, 2.24) is 9.78 Å². The summed E-state index contributed by atoms with van der Waals surface area (Å²) in [6.45, 7) is 2.82. The standard InChI is InChI=1S/C12H20N4O/c1-2-16-8-11(7-14-16)15-12(17)9-4-3-5-10(13)6-9/h7-10H,2-6,13H2,1H3,(H,15,17). The summed E-state index contributed by atoms with van der Waals surface area (Å²) >= 11 is 0. The molecule has 1 fully saturated rings. The van der Waals surface area contributed by atoms with Gasteiger partial charge in [0.15, 0.2) is 0 Å². The molecule has 0 bridgehead atoms. The van der Waals surface area contributed by atoms with E-state index in [0.717, 1.165) is 37.9 Å². The molecule has 1 aliphatic carbocycles. The Kier molecular flexibility index (Phi) is 3.78. The smallest absolute Gasteiger partial charge is 0.227 e. The molecule has 2 atom stereocenters. The Morgan fingerprint density at radius 2 is 2.47 bits per heavy atom. The summed E-state index contributed by atoms with van der Waals surface area (Å²) in [6, 6.07) is 0.179. The first-order valence-corrected chi connectivity index (χ1v) is 6.28. The summed E-state index contributed by atoms with van der Waals surface area (Å²) in [5, 5.41) is 7.03. The van der Waals surface area contributed by atoms with Crippen LogP contribution in [0, 0.1) is 5.92 Å². The molecule has 3 N–H and O–H groups in total. The van der Waals surface area contributed by atoms with E-state index in [1.807, 2.05) is 13.1 Å².